The summed E-state index contributed by atoms with van der Waals surface area (Å²) in [5.41, 5.74) is -0.174. The molecule has 1 nitrogen and oxygen atoms in total. The summed E-state index contributed by atoms with van der Waals surface area (Å²) in [6.07, 6.45) is 1.55. The van der Waals surface area contributed by atoms with Gasteiger partial charge in [-0.15, -0.1) is 12.3 Å². The van der Waals surface area contributed by atoms with Crippen LogP contribution in [0.3, 0.4) is 0 Å². The molecule has 0 aliphatic carbocycles. The molecule has 0 aliphatic rings. The van der Waals surface area contributed by atoms with Gasteiger partial charge in [0.05, 0.1) is 12.2 Å². The van der Waals surface area contributed by atoms with Crippen molar-refractivity contribution in [2.75, 3.05) is 6.61 Å². The van der Waals surface area contributed by atoms with Crippen LogP contribution in [0.5, 0.6) is 5.75 Å². The van der Waals surface area contributed by atoms with Gasteiger partial charge in [0, 0.05) is 6.42 Å². The molecule has 1 aromatic rings. The lowest BCUT2D eigenvalue weighted by Crippen LogP contribution is -2.06. The summed E-state index contributed by atoms with van der Waals surface area (Å²) < 4.78 is 42.8. The molecule has 0 saturated heterocycles. The molecule has 0 unspecified atom stereocenters. The van der Waals surface area contributed by atoms with Gasteiger partial charge in [-0.3, -0.25) is 0 Å². The molecule has 0 heterocycles. The van der Waals surface area contributed by atoms with Crippen LogP contribution in [-0.2, 0) is 12.6 Å². The molecular weight excluding hydrogens is 229 g/mol. The highest BCUT2D eigenvalue weighted by molar-refractivity contribution is 5.38. The molecule has 0 bridgehead atoms. The summed E-state index contributed by atoms with van der Waals surface area (Å²) in [6, 6.07) is 3.46. The van der Waals surface area contributed by atoms with E-state index in [4.69, 9.17) is 11.2 Å². The Bertz CT molecular complexity index is 416. The van der Waals surface area contributed by atoms with Crippen LogP contribution in [0.1, 0.15) is 24.5 Å². The Balaban J connectivity index is 3.06. The van der Waals surface area contributed by atoms with Crippen LogP contribution < -0.4 is 4.74 Å². The fourth-order valence-electron chi connectivity index (χ4n) is 1.45. The fourth-order valence-corrected chi connectivity index (χ4v) is 1.45. The van der Waals surface area contributed by atoms with Gasteiger partial charge in [-0.2, -0.15) is 13.2 Å². The van der Waals surface area contributed by atoms with Gasteiger partial charge in [0.15, 0.2) is 0 Å². The van der Waals surface area contributed by atoms with Crippen molar-refractivity contribution in [2.45, 2.75) is 25.9 Å². The highest BCUT2D eigenvalue weighted by Gasteiger charge is 2.31. The van der Waals surface area contributed by atoms with E-state index < -0.39 is 11.7 Å². The smallest absolute Gasteiger partial charge is 0.416 e. The van der Waals surface area contributed by atoms with Crippen molar-refractivity contribution >= 4 is 0 Å². The van der Waals surface area contributed by atoms with E-state index in [1.54, 1.807) is 6.92 Å². The SMILES string of the molecule is C#CCCc1cc(C(F)(F)F)ccc1OCC. The number of rotatable bonds is 4. The lowest BCUT2D eigenvalue weighted by molar-refractivity contribution is -0.137. The maximum Gasteiger partial charge on any atom is 0.416 e. The minimum absolute atomic E-state index is 0.385. The van der Waals surface area contributed by atoms with E-state index in [-0.39, 0.29) is 0 Å². The first-order valence-corrected chi connectivity index (χ1v) is 5.25. The average Bonchev–Trinajstić information content (AvgIpc) is 2.26. The number of halogens is 3. The van der Waals surface area contributed by atoms with Gasteiger partial charge in [0.1, 0.15) is 5.75 Å². The number of terminal acetylenes is 1. The molecule has 0 atom stereocenters. The van der Waals surface area contributed by atoms with E-state index in [0.717, 1.165) is 12.1 Å². The Morgan fingerprint density at radius 1 is 1.35 bits per heavy atom. The van der Waals surface area contributed by atoms with E-state index in [2.05, 4.69) is 5.92 Å². The third kappa shape index (κ3) is 3.70. The van der Waals surface area contributed by atoms with Gasteiger partial charge < -0.3 is 4.74 Å². The number of alkyl halides is 3. The maximum absolute atomic E-state index is 12.5. The average molecular weight is 242 g/mol. The molecule has 17 heavy (non-hydrogen) atoms. The predicted molar refractivity (Wildman–Crippen MR) is 59.8 cm³/mol. The second-order valence-corrected chi connectivity index (χ2v) is 3.46. The summed E-state index contributed by atoms with van der Waals surface area (Å²) in [5, 5.41) is 0. The Morgan fingerprint density at radius 2 is 2.06 bits per heavy atom. The summed E-state index contributed by atoms with van der Waals surface area (Å²) in [4.78, 5) is 0. The molecular formula is C13H13F3O. The van der Waals surface area contributed by atoms with Crippen LogP contribution in [-0.4, -0.2) is 6.61 Å². The van der Waals surface area contributed by atoms with Gasteiger partial charge in [0.25, 0.3) is 0 Å². The first kappa shape index (κ1) is 13.4. The van der Waals surface area contributed by atoms with E-state index in [1.807, 2.05) is 0 Å². The summed E-state index contributed by atoms with van der Waals surface area (Å²) in [7, 11) is 0. The highest BCUT2D eigenvalue weighted by atomic mass is 19.4. The van der Waals surface area contributed by atoms with E-state index in [1.165, 1.54) is 6.07 Å². The minimum Gasteiger partial charge on any atom is -0.494 e. The van der Waals surface area contributed by atoms with Gasteiger partial charge in [0.2, 0.25) is 0 Å². The molecule has 0 fully saturated rings. The molecule has 0 aromatic heterocycles. The molecule has 1 aromatic carbocycles. The Hall–Kier alpha value is -1.63. The zero-order valence-corrected chi connectivity index (χ0v) is 9.47. The van der Waals surface area contributed by atoms with Crippen molar-refractivity contribution in [1.82, 2.24) is 0 Å². The minimum atomic E-state index is -4.34. The first-order chi connectivity index (χ1) is 7.99. The Morgan fingerprint density at radius 3 is 2.59 bits per heavy atom. The lowest BCUT2D eigenvalue weighted by Gasteiger charge is -2.13. The van der Waals surface area contributed by atoms with Crippen LogP contribution in [0, 0.1) is 12.3 Å². The zero-order chi connectivity index (χ0) is 12.9. The molecule has 4 heteroatoms. The molecule has 0 N–H and O–H groups in total. The van der Waals surface area contributed by atoms with Crippen molar-refractivity contribution in [1.29, 1.82) is 0 Å². The largest absolute Gasteiger partial charge is 0.494 e. The lowest BCUT2D eigenvalue weighted by atomic mass is 10.0. The van der Waals surface area contributed by atoms with Crippen molar-refractivity contribution in [3.05, 3.63) is 29.3 Å². The third-order valence-corrected chi connectivity index (χ3v) is 2.23. The third-order valence-electron chi connectivity index (χ3n) is 2.23. The number of hydrogen-bond donors (Lipinski definition) is 0. The fraction of sp³-hybridized carbons (Fsp3) is 0.385. The van der Waals surface area contributed by atoms with Crippen molar-refractivity contribution in [3.8, 4) is 18.1 Å². The van der Waals surface area contributed by atoms with Crippen molar-refractivity contribution < 1.29 is 17.9 Å². The van der Waals surface area contributed by atoms with Crippen LogP contribution in [0.4, 0.5) is 13.2 Å². The normalized spacial score (nSPS) is 11.0. The first-order valence-electron chi connectivity index (χ1n) is 5.25. The molecule has 0 radical (unpaired) electrons. The summed E-state index contributed by atoms with van der Waals surface area (Å²) in [6.45, 7) is 2.19. The predicted octanol–water partition coefficient (Wildman–Crippen LogP) is 3.67. The van der Waals surface area contributed by atoms with Crippen LogP contribution in [0.2, 0.25) is 0 Å². The monoisotopic (exact) mass is 242 g/mol. The van der Waals surface area contributed by atoms with Crippen molar-refractivity contribution in [2.24, 2.45) is 0 Å². The number of ether oxygens (including phenoxy) is 1. The van der Waals surface area contributed by atoms with Gasteiger partial charge in [-0.25, -0.2) is 0 Å². The zero-order valence-electron chi connectivity index (χ0n) is 9.47. The van der Waals surface area contributed by atoms with E-state index in [0.29, 0.717) is 30.8 Å². The van der Waals surface area contributed by atoms with Crippen LogP contribution in [0.15, 0.2) is 18.2 Å². The topological polar surface area (TPSA) is 9.23 Å². The van der Waals surface area contributed by atoms with Crippen LogP contribution >= 0.6 is 0 Å². The molecule has 0 amide bonds. The van der Waals surface area contributed by atoms with Gasteiger partial charge in [-0.05, 0) is 37.1 Å². The molecule has 0 saturated carbocycles. The molecule has 0 aliphatic heterocycles. The van der Waals surface area contributed by atoms with Gasteiger partial charge >= 0.3 is 6.18 Å². The Labute approximate surface area is 98.6 Å². The van der Waals surface area contributed by atoms with Gasteiger partial charge in [-0.1, -0.05) is 0 Å². The van der Waals surface area contributed by atoms with E-state index >= 15 is 0 Å². The summed E-state index contributed by atoms with van der Waals surface area (Å²) >= 11 is 0. The standard InChI is InChI=1S/C13H13F3O/c1-3-5-6-10-9-11(13(14,15)16)7-8-12(10)17-4-2/h1,7-9H,4-6H2,2H3. The Kier molecular flexibility index (Phi) is 4.45. The number of aryl methyl sites for hydroxylation is 1. The molecule has 92 valence electrons. The summed E-state index contributed by atoms with van der Waals surface area (Å²) in [5.74, 6) is 2.88. The van der Waals surface area contributed by atoms with E-state index in [9.17, 15) is 13.2 Å². The quantitative estimate of drug-likeness (QED) is 0.732. The second kappa shape index (κ2) is 5.62. The number of benzene rings is 1. The second-order valence-electron chi connectivity index (χ2n) is 3.46. The molecule has 1 rings (SSSR count). The molecule has 0 spiro atoms. The number of hydrogen-bond acceptors (Lipinski definition) is 1. The maximum atomic E-state index is 12.5. The highest BCUT2D eigenvalue weighted by Crippen LogP contribution is 2.33. The van der Waals surface area contributed by atoms with Crippen molar-refractivity contribution in [3.63, 3.8) is 0 Å². The van der Waals surface area contributed by atoms with Crippen LogP contribution in [0.25, 0.3) is 0 Å².